The molecule has 3 aromatic carbocycles. The van der Waals surface area contributed by atoms with Gasteiger partial charge in [0.05, 0.1) is 34.5 Å². The molecule has 4 aromatic heterocycles. The molecule has 0 radical (unpaired) electrons. The van der Waals surface area contributed by atoms with Gasteiger partial charge in [0.15, 0.2) is 0 Å². The van der Waals surface area contributed by atoms with Crippen LogP contribution < -0.4 is 21.7 Å². The highest BCUT2D eigenvalue weighted by atomic mass is 35.5. The van der Waals surface area contributed by atoms with Crippen LogP contribution >= 0.6 is 22.9 Å². The molecule has 0 spiro atoms. The molecule has 2 amide bonds. The molecule has 2 saturated heterocycles. The quantitative estimate of drug-likeness (QED) is 0.0971. The van der Waals surface area contributed by atoms with Gasteiger partial charge in [0.25, 0.3) is 0 Å². The van der Waals surface area contributed by atoms with Crippen molar-refractivity contribution in [3.63, 3.8) is 0 Å². The maximum Gasteiger partial charge on any atom is 0.243 e. The number of hydrogen-bond acceptors (Lipinski definition) is 14. The van der Waals surface area contributed by atoms with Crippen molar-refractivity contribution in [1.29, 1.82) is 0 Å². The van der Waals surface area contributed by atoms with E-state index in [9.17, 15) is 19.1 Å². The summed E-state index contributed by atoms with van der Waals surface area (Å²) < 4.78 is 15.3. The number of phenols is 1. The van der Waals surface area contributed by atoms with Gasteiger partial charge in [0, 0.05) is 72.1 Å². The van der Waals surface area contributed by atoms with Crippen LogP contribution in [0.1, 0.15) is 61.1 Å². The Balaban J connectivity index is 0.00000115. The van der Waals surface area contributed by atoms with Crippen molar-refractivity contribution in [3.8, 4) is 38.7 Å². The standard InChI is InChI=1S/C45H42ClN9O4S.CH3F.2CH5N/c1-25(2)41(44(58)55-14-6-8-38(55)43(57)47-19-27-10-12-28(13-11-27)42-26(3)50-24-60-42)40-18-36(53-59-40)30-20-48-45(49-21-30)54-22-31(23-54)33-15-29-16-37(32-7-4-5-9-39(32)56)52-51-35(29)17-34(33)46;3*1-2/h4-5,7,9-13,15-18,20-21,24-25,31,38,41,56H,6,8,14,19,22-23H2,1-3H3,(H,47,57);1H3;2*2H2,1H3. The fourth-order valence-electron chi connectivity index (χ4n) is 8.12. The molecule has 346 valence electrons. The molecular weight excluding hydrogens is 881 g/mol. The Labute approximate surface area is 392 Å². The molecule has 18 heteroatoms. The largest absolute Gasteiger partial charge is 0.507 e. The summed E-state index contributed by atoms with van der Waals surface area (Å²) in [6.07, 6.45) is 4.76. The van der Waals surface area contributed by atoms with Crippen LogP contribution in [-0.2, 0) is 16.1 Å². The molecule has 0 aliphatic carbocycles. The minimum Gasteiger partial charge on any atom is -0.507 e. The monoisotopic (exact) mass is 935 g/mol. The first-order valence-electron chi connectivity index (χ1n) is 21.5. The average Bonchev–Trinajstić information content (AvgIpc) is 4.13. The minimum absolute atomic E-state index is 0.107. The number of phenolic OH excluding ortho intramolecular Hbond substituents is 1. The number of fused-ring (bicyclic) bond motifs is 1. The van der Waals surface area contributed by atoms with Crippen LogP contribution in [0.5, 0.6) is 5.75 Å². The molecule has 0 saturated carbocycles. The van der Waals surface area contributed by atoms with Crippen LogP contribution in [0.4, 0.5) is 10.3 Å². The van der Waals surface area contributed by atoms with Crippen LogP contribution in [-0.4, -0.2) is 99.1 Å². The van der Waals surface area contributed by atoms with Crippen molar-refractivity contribution < 1.29 is 23.6 Å². The van der Waals surface area contributed by atoms with Crippen LogP contribution in [0.15, 0.2) is 95.2 Å². The number of para-hydroxylation sites is 1. The normalized spacial score (nSPS) is 14.9. The van der Waals surface area contributed by atoms with Crippen LogP contribution in [0.3, 0.4) is 0 Å². The van der Waals surface area contributed by atoms with E-state index in [0.717, 1.165) is 39.1 Å². The summed E-state index contributed by atoms with van der Waals surface area (Å²) in [6, 6.07) is 22.2. The van der Waals surface area contributed by atoms with Crippen LogP contribution in [0, 0.1) is 12.8 Å². The zero-order chi connectivity index (χ0) is 47.5. The van der Waals surface area contributed by atoms with Crippen molar-refractivity contribution in [2.45, 2.75) is 58.0 Å². The highest BCUT2D eigenvalue weighted by molar-refractivity contribution is 7.13. The van der Waals surface area contributed by atoms with Gasteiger partial charge in [-0.3, -0.25) is 14.0 Å². The summed E-state index contributed by atoms with van der Waals surface area (Å²) in [5.41, 5.74) is 18.0. The van der Waals surface area contributed by atoms with Crippen molar-refractivity contribution in [1.82, 2.24) is 40.5 Å². The molecule has 2 aliphatic heterocycles. The molecule has 9 rings (SSSR count). The Kier molecular flexibility index (Phi) is 16.8. The molecule has 66 heavy (non-hydrogen) atoms. The second kappa shape index (κ2) is 22.7. The van der Waals surface area contributed by atoms with Crippen LogP contribution in [0.25, 0.3) is 43.9 Å². The number of nitrogens with two attached hydrogens (primary N) is 2. The topological polar surface area (TPSA) is 215 Å². The first-order chi connectivity index (χ1) is 32.1. The molecule has 7 aromatic rings. The number of aromatic nitrogens is 6. The van der Waals surface area contributed by atoms with E-state index < -0.39 is 12.0 Å². The Bertz CT molecular complexity index is 2710. The van der Waals surface area contributed by atoms with Gasteiger partial charge in [0.2, 0.25) is 17.8 Å². The first kappa shape index (κ1) is 49.0. The summed E-state index contributed by atoms with van der Waals surface area (Å²) in [5.74, 6) is 0.289. The lowest BCUT2D eigenvalue weighted by Crippen LogP contribution is -2.47. The zero-order valence-electron chi connectivity index (χ0n) is 37.8. The Hall–Kier alpha value is -6.40. The fourth-order valence-corrected chi connectivity index (χ4v) is 9.25. The molecule has 2 fully saturated rings. The molecule has 2 aliphatic rings. The van der Waals surface area contributed by atoms with Crippen molar-refractivity contribution in [2.24, 2.45) is 17.4 Å². The average molecular weight is 937 g/mol. The van der Waals surface area contributed by atoms with E-state index in [1.807, 2.05) is 80.9 Å². The number of nitrogens with zero attached hydrogens (tertiary/aromatic N) is 8. The molecule has 6 N–H and O–H groups in total. The van der Waals surface area contributed by atoms with Gasteiger partial charge in [-0.1, -0.05) is 67.0 Å². The van der Waals surface area contributed by atoms with E-state index in [0.29, 0.717) is 84.5 Å². The second-order valence-electron chi connectivity index (χ2n) is 15.8. The van der Waals surface area contributed by atoms with Gasteiger partial charge in [-0.15, -0.1) is 21.5 Å². The maximum atomic E-state index is 14.2. The number of hydrogen-bond donors (Lipinski definition) is 4. The maximum absolute atomic E-state index is 14.2. The first-order valence-corrected chi connectivity index (χ1v) is 22.8. The lowest BCUT2D eigenvalue weighted by molar-refractivity contribution is -0.140. The number of amides is 2. The van der Waals surface area contributed by atoms with Crippen molar-refractivity contribution in [2.75, 3.05) is 45.8 Å². The zero-order valence-corrected chi connectivity index (χ0v) is 39.4. The molecule has 6 heterocycles. The third-order valence-electron chi connectivity index (χ3n) is 11.5. The number of nitrogens with one attached hydrogen (secondary N) is 1. The number of carbonyl (C=O) groups excluding carboxylic acids is 2. The number of carbonyl (C=O) groups is 2. The van der Waals surface area contributed by atoms with Gasteiger partial charge in [-0.2, -0.15) is 0 Å². The van der Waals surface area contributed by atoms with Crippen molar-refractivity contribution in [3.05, 3.63) is 118 Å². The molecule has 2 unspecified atom stereocenters. The third-order valence-corrected chi connectivity index (χ3v) is 12.8. The van der Waals surface area contributed by atoms with Gasteiger partial charge in [0.1, 0.15) is 29.2 Å². The van der Waals surface area contributed by atoms with E-state index in [1.54, 1.807) is 46.8 Å². The van der Waals surface area contributed by atoms with E-state index in [2.05, 4.69) is 52.0 Å². The van der Waals surface area contributed by atoms with Gasteiger partial charge >= 0.3 is 0 Å². The predicted molar refractivity (Wildman–Crippen MR) is 258 cm³/mol. The van der Waals surface area contributed by atoms with E-state index in [1.165, 1.54) is 14.1 Å². The number of rotatable bonds is 11. The number of thiazole rings is 1. The molecular formula is C48H55ClFN11O4S. The summed E-state index contributed by atoms with van der Waals surface area (Å²) >= 11 is 8.34. The van der Waals surface area contributed by atoms with E-state index in [-0.39, 0.29) is 29.4 Å². The van der Waals surface area contributed by atoms with Gasteiger partial charge < -0.3 is 36.2 Å². The van der Waals surface area contributed by atoms with E-state index in [4.69, 9.17) is 16.1 Å². The number of likely N-dealkylation sites (tertiary alicyclic amines) is 1. The van der Waals surface area contributed by atoms with Gasteiger partial charge in [-0.25, -0.2) is 15.0 Å². The molecule has 2 atom stereocenters. The Morgan fingerprint density at radius 2 is 1.65 bits per heavy atom. The predicted octanol–water partition coefficient (Wildman–Crippen LogP) is 7.92. The van der Waals surface area contributed by atoms with E-state index >= 15 is 0 Å². The van der Waals surface area contributed by atoms with Crippen molar-refractivity contribution >= 4 is 51.6 Å². The minimum atomic E-state index is -0.619. The fraction of sp³-hybridized carbons (Fsp3) is 0.333. The number of halogens is 2. The Morgan fingerprint density at radius 1 is 0.939 bits per heavy atom. The number of aromatic hydroxyl groups is 1. The van der Waals surface area contributed by atoms with Gasteiger partial charge in [-0.05, 0) is 86.8 Å². The number of aryl methyl sites for hydroxylation is 1. The number of anilines is 1. The lowest BCUT2D eigenvalue weighted by atomic mass is 9.90. The summed E-state index contributed by atoms with van der Waals surface area (Å²) in [5, 5.41) is 27.9. The number of benzene rings is 3. The molecule has 0 bridgehead atoms. The third kappa shape index (κ3) is 10.7. The Morgan fingerprint density at radius 3 is 2.32 bits per heavy atom. The summed E-state index contributed by atoms with van der Waals surface area (Å²) in [7, 11) is 3.50. The second-order valence-corrected chi connectivity index (χ2v) is 17.0. The summed E-state index contributed by atoms with van der Waals surface area (Å²) in [6.45, 7) is 8.16. The molecule has 15 nitrogen and oxygen atoms in total. The SMILES string of the molecule is CF.CN.CN.Cc1ncsc1-c1ccc(CNC(=O)C2CCCN2C(=O)C(c2cc(-c3cnc(N4CC(c5cc6cc(-c7ccccc7O)nnc6cc5Cl)C4)nc3)no2)C(C)C)cc1. The van der Waals surface area contributed by atoms with Crippen LogP contribution in [0.2, 0.25) is 5.02 Å². The highest BCUT2D eigenvalue weighted by Crippen LogP contribution is 2.38. The summed E-state index contributed by atoms with van der Waals surface area (Å²) in [4.78, 5) is 46.2. The number of alkyl halides is 1. The highest BCUT2D eigenvalue weighted by Gasteiger charge is 2.40. The lowest BCUT2D eigenvalue weighted by Gasteiger charge is -2.40. The smallest absolute Gasteiger partial charge is 0.243 e.